The Kier molecular flexibility index (Phi) is 4.47. The summed E-state index contributed by atoms with van der Waals surface area (Å²) >= 11 is 4.90. The van der Waals surface area contributed by atoms with E-state index in [-0.39, 0.29) is 11.0 Å². The fourth-order valence-corrected chi connectivity index (χ4v) is 1.71. The molecular weight excluding hydrogens is 274 g/mol. The van der Waals surface area contributed by atoms with Gasteiger partial charge in [-0.2, -0.15) is 4.98 Å². The molecule has 0 fully saturated rings. The van der Waals surface area contributed by atoms with Gasteiger partial charge >= 0.3 is 6.01 Å². The highest BCUT2D eigenvalue weighted by atomic mass is 32.1. The monoisotopic (exact) mass is 289 g/mol. The van der Waals surface area contributed by atoms with E-state index in [2.05, 4.69) is 9.97 Å². The SMILES string of the molecule is COc1ccc(COc2nc(C)cc(C(N)=S)n2)cc1. The summed E-state index contributed by atoms with van der Waals surface area (Å²) in [5.41, 5.74) is 7.82. The van der Waals surface area contributed by atoms with Gasteiger partial charge in [0.1, 0.15) is 23.0 Å². The molecule has 0 spiro atoms. The molecular formula is C14H15N3O2S. The Morgan fingerprint density at radius 2 is 1.95 bits per heavy atom. The quantitative estimate of drug-likeness (QED) is 0.849. The van der Waals surface area contributed by atoms with Crippen LogP contribution in [0.2, 0.25) is 0 Å². The first-order valence-corrected chi connectivity index (χ1v) is 6.40. The van der Waals surface area contributed by atoms with E-state index in [4.69, 9.17) is 27.4 Å². The molecule has 0 saturated heterocycles. The number of hydrogen-bond acceptors (Lipinski definition) is 5. The highest BCUT2D eigenvalue weighted by Gasteiger charge is 2.06. The van der Waals surface area contributed by atoms with E-state index in [0.29, 0.717) is 12.3 Å². The highest BCUT2D eigenvalue weighted by molar-refractivity contribution is 7.80. The van der Waals surface area contributed by atoms with Crippen molar-refractivity contribution in [3.8, 4) is 11.8 Å². The fraction of sp³-hybridized carbons (Fsp3) is 0.214. The molecule has 0 aliphatic heterocycles. The molecule has 104 valence electrons. The first-order valence-electron chi connectivity index (χ1n) is 5.99. The molecule has 1 aromatic heterocycles. The molecule has 0 saturated carbocycles. The maximum Gasteiger partial charge on any atom is 0.317 e. The zero-order valence-electron chi connectivity index (χ0n) is 11.3. The Balaban J connectivity index is 2.08. The van der Waals surface area contributed by atoms with Crippen molar-refractivity contribution in [2.75, 3.05) is 7.11 Å². The lowest BCUT2D eigenvalue weighted by atomic mass is 10.2. The van der Waals surface area contributed by atoms with Crippen molar-refractivity contribution in [2.45, 2.75) is 13.5 Å². The van der Waals surface area contributed by atoms with E-state index >= 15 is 0 Å². The van der Waals surface area contributed by atoms with Gasteiger partial charge in [-0.05, 0) is 30.7 Å². The molecule has 0 aliphatic carbocycles. The van der Waals surface area contributed by atoms with Crippen molar-refractivity contribution in [3.05, 3.63) is 47.3 Å². The molecule has 2 rings (SSSR count). The molecule has 0 amide bonds. The largest absolute Gasteiger partial charge is 0.497 e. The van der Waals surface area contributed by atoms with Crippen LogP contribution in [-0.4, -0.2) is 22.1 Å². The first kappa shape index (κ1) is 14.2. The molecule has 0 radical (unpaired) electrons. The Morgan fingerprint density at radius 1 is 1.25 bits per heavy atom. The van der Waals surface area contributed by atoms with Crippen molar-refractivity contribution in [2.24, 2.45) is 5.73 Å². The van der Waals surface area contributed by atoms with Crippen LogP contribution in [0.4, 0.5) is 0 Å². The summed E-state index contributed by atoms with van der Waals surface area (Å²) < 4.78 is 10.7. The van der Waals surface area contributed by atoms with Crippen LogP contribution >= 0.6 is 12.2 Å². The fourth-order valence-electron chi connectivity index (χ4n) is 1.60. The Labute approximate surface area is 122 Å². The van der Waals surface area contributed by atoms with Crippen LogP contribution in [0.3, 0.4) is 0 Å². The van der Waals surface area contributed by atoms with Crippen LogP contribution in [-0.2, 0) is 6.61 Å². The molecule has 5 nitrogen and oxygen atoms in total. The second kappa shape index (κ2) is 6.29. The van der Waals surface area contributed by atoms with Gasteiger partial charge in [0.2, 0.25) is 0 Å². The van der Waals surface area contributed by atoms with Gasteiger partial charge in [-0.3, -0.25) is 0 Å². The van der Waals surface area contributed by atoms with Crippen molar-refractivity contribution in [3.63, 3.8) is 0 Å². The minimum atomic E-state index is 0.227. The Hall–Kier alpha value is -2.21. The van der Waals surface area contributed by atoms with Gasteiger partial charge < -0.3 is 15.2 Å². The lowest BCUT2D eigenvalue weighted by Gasteiger charge is -2.07. The zero-order chi connectivity index (χ0) is 14.5. The summed E-state index contributed by atoms with van der Waals surface area (Å²) in [6.45, 7) is 2.20. The van der Waals surface area contributed by atoms with E-state index in [1.165, 1.54) is 0 Å². The molecule has 6 heteroatoms. The van der Waals surface area contributed by atoms with E-state index in [9.17, 15) is 0 Å². The van der Waals surface area contributed by atoms with Gasteiger partial charge in [0.05, 0.1) is 7.11 Å². The highest BCUT2D eigenvalue weighted by Crippen LogP contribution is 2.13. The van der Waals surface area contributed by atoms with Gasteiger partial charge in [0.25, 0.3) is 0 Å². The lowest BCUT2D eigenvalue weighted by Crippen LogP contribution is -2.13. The topological polar surface area (TPSA) is 70.3 Å². The first-order chi connectivity index (χ1) is 9.58. The second-order valence-electron chi connectivity index (χ2n) is 4.18. The summed E-state index contributed by atoms with van der Waals surface area (Å²) in [5, 5.41) is 0. The molecule has 0 aliphatic rings. The second-order valence-corrected chi connectivity index (χ2v) is 4.62. The maximum absolute atomic E-state index is 5.56. The van der Waals surface area contributed by atoms with Crippen molar-refractivity contribution < 1.29 is 9.47 Å². The van der Waals surface area contributed by atoms with Gasteiger partial charge in [0, 0.05) is 5.69 Å². The average molecular weight is 289 g/mol. The number of nitrogens with zero attached hydrogens (tertiary/aromatic N) is 2. The molecule has 20 heavy (non-hydrogen) atoms. The number of nitrogens with two attached hydrogens (primary N) is 1. The number of rotatable bonds is 5. The van der Waals surface area contributed by atoms with Crippen molar-refractivity contribution >= 4 is 17.2 Å². The number of aryl methyl sites for hydroxylation is 1. The summed E-state index contributed by atoms with van der Waals surface area (Å²) in [5.74, 6) is 0.802. The van der Waals surface area contributed by atoms with E-state index in [1.54, 1.807) is 13.2 Å². The van der Waals surface area contributed by atoms with Crippen LogP contribution in [0, 0.1) is 6.92 Å². The average Bonchev–Trinajstić information content (AvgIpc) is 2.45. The minimum Gasteiger partial charge on any atom is -0.497 e. The van der Waals surface area contributed by atoms with Gasteiger partial charge in [-0.25, -0.2) is 4.98 Å². The van der Waals surface area contributed by atoms with Crippen LogP contribution in [0.25, 0.3) is 0 Å². The van der Waals surface area contributed by atoms with Gasteiger partial charge in [0.15, 0.2) is 0 Å². The Bertz CT molecular complexity index is 614. The number of ether oxygens (including phenoxy) is 2. The molecule has 1 aromatic carbocycles. The van der Waals surface area contributed by atoms with Crippen molar-refractivity contribution in [1.29, 1.82) is 0 Å². The van der Waals surface area contributed by atoms with Crippen molar-refractivity contribution in [1.82, 2.24) is 9.97 Å². The normalized spacial score (nSPS) is 10.1. The van der Waals surface area contributed by atoms with E-state index < -0.39 is 0 Å². The molecule has 0 unspecified atom stereocenters. The third kappa shape index (κ3) is 3.64. The van der Waals surface area contributed by atoms with Crippen LogP contribution in [0.15, 0.2) is 30.3 Å². The molecule has 2 aromatic rings. The van der Waals surface area contributed by atoms with Gasteiger partial charge in [-0.15, -0.1) is 0 Å². The molecule has 0 atom stereocenters. The Morgan fingerprint density at radius 3 is 2.55 bits per heavy atom. The summed E-state index contributed by atoms with van der Waals surface area (Å²) in [7, 11) is 1.63. The van der Waals surface area contributed by atoms with Crippen LogP contribution < -0.4 is 15.2 Å². The standard InChI is InChI=1S/C14H15N3O2S/c1-9-7-12(13(15)20)17-14(16-9)19-8-10-3-5-11(18-2)6-4-10/h3-7H,8H2,1-2H3,(H2,15,20). The molecule has 1 heterocycles. The third-order valence-electron chi connectivity index (χ3n) is 2.61. The van der Waals surface area contributed by atoms with Gasteiger partial charge in [-0.1, -0.05) is 24.4 Å². The lowest BCUT2D eigenvalue weighted by molar-refractivity contribution is 0.279. The third-order valence-corrected chi connectivity index (χ3v) is 2.82. The number of methoxy groups -OCH3 is 1. The number of hydrogen-bond donors (Lipinski definition) is 1. The zero-order valence-corrected chi connectivity index (χ0v) is 12.1. The predicted octanol–water partition coefficient (Wildman–Crippen LogP) is 2.01. The van der Waals surface area contributed by atoms with Crippen LogP contribution in [0.5, 0.6) is 11.8 Å². The van der Waals surface area contributed by atoms with E-state index in [0.717, 1.165) is 17.0 Å². The molecule has 2 N–H and O–H groups in total. The summed E-state index contributed by atoms with van der Waals surface area (Å²) in [6.07, 6.45) is 0. The smallest absolute Gasteiger partial charge is 0.317 e. The minimum absolute atomic E-state index is 0.227. The summed E-state index contributed by atoms with van der Waals surface area (Å²) in [4.78, 5) is 8.58. The maximum atomic E-state index is 5.56. The molecule has 0 bridgehead atoms. The van der Waals surface area contributed by atoms with E-state index in [1.807, 2.05) is 31.2 Å². The van der Waals surface area contributed by atoms with Crippen LogP contribution in [0.1, 0.15) is 17.0 Å². The number of benzene rings is 1. The number of aromatic nitrogens is 2. The predicted molar refractivity (Wildman–Crippen MR) is 80.0 cm³/mol. The summed E-state index contributed by atoms with van der Waals surface area (Å²) in [6, 6.07) is 9.57. The number of thiocarbonyl (C=S) groups is 1.